The van der Waals surface area contributed by atoms with E-state index in [2.05, 4.69) is 5.32 Å². The van der Waals surface area contributed by atoms with Crippen molar-refractivity contribution >= 4 is 12.4 Å². The number of halogens is 2. The molecule has 1 saturated heterocycles. The first-order valence-electron chi connectivity index (χ1n) is 4.94. The molecular formula is C11H15ClFNO. The molecule has 1 aromatic rings. The first-order valence-corrected chi connectivity index (χ1v) is 4.94. The fourth-order valence-corrected chi connectivity index (χ4v) is 1.90. The molecule has 1 aromatic carbocycles. The van der Waals surface area contributed by atoms with E-state index in [0.717, 1.165) is 13.0 Å². The number of rotatable bonds is 1. The van der Waals surface area contributed by atoms with Gasteiger partial charge in [-0.3, -0.25) is 0 Å². The molecule has 2 N–H and O–H groups in total. The molecule has 0 aromatic heterocycles. The Kier molecular flexibility index (Phi) is 4.36. The first kappa shape index (κ1) is 12.3. The lowest BCUT2D eigenvalue weighted by atomic mass is 9.95. The zero-order valence-corrected chi connectivity index (χ0v) is 9.14. The van der Waals surface area contributed by atoms with Gasteiger partial charge < -0.3 is 10.4 Å². The number of benzene rings is 1. The third-order valence-corrected chi connectivity index (χ3v) is 2.65. The quantitative estimate of drug-likeness (QED) is 0.779. The highest BCUT2D eigenvalue weighted by Crippen LogP contribution is 2.31. The molecule has 1 fully saturated rings. The fourth-order valence-electron chi connectivity index (χ4n) is 1.90. The Labute approximate surface area is 94.9 Å². The average molecular weight is 232 g/mol. The second kappa shape index (κ2) is 5.33. The summed E-state index contributed by atoms with van der Waals surface area (Å²) in [7, 11) is 0. The van der Waals surface area contributed by atoms with Crippen LogP contribution in [0.1, 0.15) is 24.4 Å². The first-order chi connectivity index (χ1) is 6.79. The smallest absolute Gasteiger partial charge is 0.120 e. The van der Waals surface area contributed by atoms with Crippen LogP contribution in [0.5, 0.6) is 5.75 Å². The van der Waals surface area contributed by atoms with Crippen molar-refractivity contribution in [2.75, 3.05) is 6.54 Å². The van der Waals surface area contributed by atoms with E-state index in [-0.39, 0.29) is 24.2 Å². The number of phenolic OH excluding ortho intramolecular Hbond substituents is 1. The van der Waals surface area contributed by atoms with Gasteiger partial charge in [-0.2, -0.15) is 0 Å². The molecule has 1 aliphatic rings. The summed E-state index contributed by atoms with van der Waals surface area (Å²) in [5.74, 6) is 0.176. The predicted octanol–water partition coefficient (Wildman–Crippen LogP) is 2.58. The highest BCUT2D eigenvalue weighted by Gasteiger charge is 2.27. The molecule has 2 nitrogen and oxygen atoms in total. The number of nitrogens with one attached hydrogen (secondary N) is 1. The highest BCUT2D eigenvalue weighted by molar-refractivity contribution is 5.85. The zero-order valence-electron chi connectivity index (χ0n) is 8.32. The van der Waals surface area contributed by atoms with E-state index >= 15 is 0 Å². The Bertz CT molecular complexity index is 321. The van der Waals surface area contributed by atoms with Gasteiger partial charge in [0.25, 0.3) is 0 Å². The minimum absolute atomic E-state index is 0. The molecule has 0 spiro atoms. The highest BCUT2D eigenvalue weighted by atomic mass is 35.5. The van der Waals surface area contributed by atoms with Crippen LogP contribution < -0.4 is 5.32 Å². The van der Waals surface area contributed by atoms with Crippen LogP contribution in [0, 0.1) is 0 Å². The SMILES string of the molecule is Cl.Oc1ccccc1C1NCCCC1F. The van der Waals surface area contributed by atoms with Gasteiger partial charge in [-0.1, -0.05) is 18.2 Å². The number of hydrogen-bond acceptors (Lipinski definition) is 2. The number of aromatic hydroxyl groups is 1. The number of phenols is 1. The van der Waals surface area contributed by atoms with E-state index in [1.54, 1.807) is 18.2 Å². The van der Waals surface area contributed by atoms with Crippen molar-refractivity contribution in [2.45, 2.75) is 25.1 Å². The van der Waals surface area contributed by atoms with E-state index in [0.29, 0.717) is 12.0 Å². The molecule has 4 heteroatoms. The summed E-state index contributed by atoms with van der Waals surface area (Å²) in [6.45, 7) is 0.819. The average Bonchev–Trinajstić information content (AvgIpc) is 2.20. The van der Waals surface area contributed by atoms with Gasteiger partial charge in [-0.25, -0.2) is 4.39 Å². The third kappa shape index (κ3) is 2.61. The second-order valence-electron chi connectivity index (χ2n) is 3.65. The van der Waals surface area contributed by atoms with Gasteiger partial charge >= 0.3 is 0 Å². The topological polar surface area (TPSA) is 32.3 Å². The minimum Gasteiger partial charge on any atom is -0.508 e. The molecule has 0 radical (unpaired) electrons. The fraction of sp³-hybridized carbons (Fsp3) is 0.455. The van der Waals surface area contributed by atoms with E-state index in [1.807, 2.05) is 6.07 Å². The maximum Gasteiger partial charge on any atom is 0.120 e. The van der Waals surface area contributed by atoms with Crippen molar-refractivity contribution in [1.82, 2.24) is 5.32 Å². The largest absolute Gasteiger partial charge is 0.508 e. The van der Waals surface area contributed by atoms with Gasteiger partial charge in [-0.15, -0.1) is 12.4 Å². The van der Waals surface area contributed by atoms with E-state index in [1.165, 1.54) is 0 Å². The molecule has 2 unspecified atom stereocenters. The van der Waals surface area contributed by atoms with Crippen LogP contribution in [0.4, 0.5) is 4.39 Å². The zero-order chi connectivity index (χ0) is 9.97. The number of hydrogen-bond donors (Lipinski definition) is 2. The number of alkyl halides is 1. The maximum absolute atomic E-state index is 13.5. The van der Waals surface area contributed by atoms with Crippen molar-refractivity contribution in [1.29, 1.82) is 0 Å². The van der Waals surface area contributed by atoms with Gasteiger partial charge in [0.15, 0.2) is 0 Å². The molecule has 1 aliphatic heterocycles. The standard InChI is InChI=1S/C11H14FNO.ClH/c12-9-5-3-7-13-11(9)8-4-1-2-6-10(8)14;/h1-2,4,6,9,11,13-14H,3,5,7H2;1H. The Morgan fingerprint density at radius 1 is 1.33 bits per heavy atom. The van der Waals surface area contributed by atoms with E-state index < -0.39 is 6.17 Å². The number of para-hydroxylation sites is 1. The molecule has 15 heavy (non-hydrogen) atoms. The molecule has 1 heterocycles. The third-order valence-electron chi connectivity index (χ3n) is 2.65. The van der Waals surface area contributed by atoms with Crippen molar-refractivity contribution < 1.29 is 9.50 Å². The molecule has 0 saturated carbocycles. The second-order valence-corrected chi connectivity index (χ2v) is 3.65. The van der Waals surface area contributed by atoms with Crippen LogP contribution in [0.25, 0.3) is 0 Å². The Balaban J connectivity index is 0.00000112. The van der Waals surface area contributed by atoms with Crippen molar-refractivity contribution in [3.63, 3.8) is 0 Å². The normalized spacial score (nSPS) is 25.7. The molecular weight excluding hydrogens is 217 g/mol. The molecule has 0 aliphatic carbocycles. The maximum atomic E-state index is 13.5. The summed E-state index contributed by atoms with van der Waals surface area (Å²) < 4.78 is 13.5. The van der Waals surface area contributed by atoms with Gasteiger partial charge in [0.05, 0.1) is 6.04 Å². The summed E-state index contributed by atoms with van der Waals surface area (Å²) >= 11 is 0. The van der Waals surface area contributed by atoms with Crippen LogP contribution in [-0.4, -0.2) is 17.8 Å². The van der Waals surface area contributed by atoms with Crippen LogP contribution in [0.15, 0.2) is 24.3 Å². The van der Waals surface area contributed by atoms with E-state index in [9.17, 15) is 9.50 Å². The summed E-state index contributed by atoms with van der Waals surface area (Å²) in [5, 5.41) is 12.7. The molecule has 84 valence electrons. The summed E-state index contributed by atoms with van der Waals surface area (Å²) in [4.78, 5) is 0. The van der Waals surface area contributed by atoms with Crippen LogP contribution >= 0.6 is 12.4 Å². The lowest BCUT2D eigenvalue weighted by molar-refractivity contribution is 0.198. The molecule has 0 bridgehead atoms. The lowest BCUT2D eigenvalue weighted by Gasteiger charge is -2.28. The van der Waals surface area contributed by atoms with Crippen LogP contribution in [0.3, 0.4) is 0 Å². The van der Waals surface area contributed by atoms with Crippen molar-refractivity contribution in [3.05, 3.63) is 29.8 Å². The van der Waals surface area contributed by atoms with Gasteiger partial charge in [0.1, 0.15) is 11.9 Å². The number of piperidine rings is 1. The van der Waals surface area contributed by atoms with Gasteiger partial charge in [0, 0.05) is 5.56 Å². The van der Waals surface area contributed by atoms with Gasteiger partial charge in [-0.05, 0) is 25.5 Å². The van der Waals surface area contributed by atoms with Crippen molar-refractivity contribution in [3.8, 4) is 5.75 Å². The van der Waals surface area contributed by atoms with E-state index in [4.69, 9.17) is 0 Å². The predicted molar refractivity (Wildman–Crippen MR) is 60.2 cm³/mol. The van der Waals surface area contributed by atoms with Crippen molar-refractivity contribution in [2.24, 2.45) is 0 Å². The summed E-state index contributed by atoms with van der Waals surface area (Å²) in [6, 6.07) is 6.58. The Hall–Kier alpha value is -0.800. The molecule has 2 atom stereocenters. The summed E-state index contributed by atoms with van der Waals surface area (Å²) in [6.07, 6.45) is 0.550. The molecule has 2 rings (SSSR count). The Morgan fingerprint density at radius 3 is 2.73 bits per heavy atom. The van der Waals surface area contributed by atoms with Crippen LogP contribution in [-0.2, 0) is 0 Å². The van der Waals surface area contributed by atoms with Crippen LogP contribution in [0.2, 0.25) is 0 Å². The summed E-state index contributed by atoms with van der Waals surface area (Å²) in [5.41, 5.74) is 0.666. The Morgan fingerprint density at radius 2 is 2.07 bits per heavy atom. The minimum atomic E-state index is -0.892. The monoisotopic (exact) mass is 231 g/mol. The molecule has 0 amide bonds. The lowest BCUT2D eigenvalue weighted by Crippen LogP contribution is -2.35. The van der Waals surface area contributed by atoms with Gasteiger partial charge in [0.2, 0.25) is 0 Å².